The maximum atomic E-state index is 12.5. The third kappa shape index (κ3) is 19.5. The molecule has 0 aromatic carbocycles. The SMILES string of the molecule is CCCCCCCCCC(CCCCCCCC)OC(=O)CCCCCCCN1CCS(=O)(=O)CC1. The standard InChI is InChI=1S/C30H59NO4S/c1-3-5-7-9-11-14-18-22-29(21-17-13-10-8-6-4-2)35-30(32)23-19-15-12-16-20-24-31-25-27-36(33,34)28-26-31/h29H,3-28H2,1-2H3. The Bertz CT molecular complexity index is 608. The Labute approximate surface area is 224 Å². The fraction of sp³-hybridized carbons (Fsp3) is 0.967. The van der Waals surface area contributed by atoms with Crippen molar-refractivity contribution in [3.05, 3.63) is 0 Å². The Morgan fingerprint density at radius 2 is 1.11 bits per heavy atom. The first kappa shape index (κ1) is 33.4. The predicted molar refractivity (Wildman–Crippen MR) is 153 cm³/mol. The molecule has 0 N–H and O–H groups in total. The summed E-state index contributed by atoms with van der Waals surface area (Å²) in [5, 5.41) is 0. The normalized spacial score (nSPS) is 16.7. The fourth-order valence-corrected chi connectivity index (χ4v) is 6.37. The van der Waals surface area contributed by atoms with Crippen LogP contribution in [0.4, 0.5) is 0 Å². The van der Waals surface area contributed by atoms with Gasteiger partial charge in [0.2, 0.25) is 0 Å². The summed E-state index contributed by atoms with van der Waals surface area (Å²) in [5.74, 6) is 0.630. The summed E-state index contributed by atoms with van der Waals surface area (Å²) in [7, 11) is -2.78. The van der Waals surface area contributed by atoms with Crippen molar-refractivity contribution >= 4 is 15.8 Å². The summed E-state index contributed by atoms with van der Waals surface area (Å²) in [6.45, 7) is 6.88. The van der Waals surface area contributed by atoms with Gasteiger partial charge < -0.3 is 9.64 Å². The van der Waals surface area contributed by atoms with E-state index in [0.29, 0.717) is 31.0 Å². The van der Waals surface area contributed by atoms with Gasteiger partial charge in [0.25, 0.3) is 0 Å². The highest BCUT2D eigenvalue weighted by Gasteiger charge is 2.20. The van der Waals surface area contributed by atoms with Gasteiger partial charge in [0.1, 0.15) is 6.10 Å². The van der Waals surface area contributed by atoms with Crippen LogP contribution in [0.25, 0.3) is 0 Å². The Balaban J connectivity index is 2.14. The molecule has 0 aliphatic carbocycles. The van der Waals surface area contributed by atoms with Crippen molar-refractivity contribution in [1.29, 1.82) is 0 Å². The predicted octanol–water partition coefficient (Wildman–Crippen LogP) is 7.86. The summed E-state index contributed by atoms with van der Waals surface area (Å²) in [4.78, 5) is 14.8. The highest BCUT2D eigenvalue weighted by Crippen LogP contribution is 2.18. The number of carbonyl (C=O) groups is 1. The molecular formula is C30H59NO4S. The van der Waals surface area contributed by atoms with Crippen LogP contribution in [0, 0.1) is 0 Å². The topological polar surface area (TPSA) is 63.7 Å². The van der Waals surface area contributed by atoms with E-state index in [1.54, 1.807) is 0 Å². The molecule has 1 atom stereocenters. The van der Waals surface area contributed by atoms with Gasteiger partial charge in [0, 0.05) is 19.5 Å². The smallest absolute Gasteiger partial charge is 0.306 e. The van der Waals surface area contributed by atoms with Gasteiger partial charge in [-0.2, -0.15) is 0 Å². The number of esters is 1. The molecule has 36 heavy (non-hydrogen) atoms. The Hall–Kier alpha value is -0.620. The number of hydrogen-bond donors (Lipinski definition) is 0. The quantitative estimate of drug-likeness (QED) is 0.0940. The highest BCUT2D eigenvalue weighted by atomic mass is 32.2. The lowest BCUT2D eigenvalue weighted by molar-refractivity contribution is -0.150. The van der Waals surface area contributed by atoms with E-state index in [2.05, 4.69) is 18.7 Å². The van der Waals surface area contributed by atoms with Crippen LogP contribution in [-0.4, -0.2) is 56.5 Å². The van der Waals surface area contributed by atoms with Crippen molar-refractivity contribution in [3.63, 3.8) is 0 Å². The number of carbonyl (C=O) groups excluding carboxylic acids is 1. The number of nitrogens with zero attached hydrogens (tertiary/aromatic N) is 1. The van der Waals surface area contributed by atoms with Crippen LogP contribution in [0.5, 0.6) is 0 Å². The van der Waals surface area contributed by atoms with Crippen LogP contribution in [0.15, 0.2) is 0 Å². The number of hydrogen-bond acceptors (Lipinski definition) is 5. The first-order valence-electron chi connectivity index (χ1n) is 15.6. The largest absolute Gasteiger partial charge is 0.462 e. The van der Waals surface area contributed by atoms with E-state index in [1.807, 2.05) is 0 Å². The van der Waals surface area contributed by atoms with Crippen LogP contribution in [0.1, 0.15) is 149 Å². The maximum absolute atomic E-state index is 12.5. The summed E-state index contributed by atoms with van der Waals surface area (Å²) in [5.41, 5.74) is 0. The van der Waals surface area contributed by atoms with Crippen molar-refractivity contribution < 1.29 is 17.9 Å². The maximum Gasteiger partial charge on any atom is 0.306 e. The van der Waals surface area contributed by atoms with Crippen LogP contribution in [0.2, 0.25) is 0 Å². The molecule has 0 radical (unpaired) electrons. The molecule has 1 fully saturated rings. The molecular weight excluding hydrogens is 470 g/mol. The molecule has 1 aliphatic rings. The second-order valence-electron chi connectivity index (χ2n) is 11.1. The lowest BCUT2D eigenvalue weighted by Crippen LogP contribution is -2.40. The van der Waals surface area contributed by atoms with Crippen molar-refractivity contribution in [2.45, 2.75) is 155 Å². The highest BCUT2D eigenvalue weighted by molar-refractivity contribution is 7.91. The van der Waals surface area contributed by atoms with E-state index >= 15 is 0 Å². The van der Waals surface area contributed by atoms with Gasteiger partial charge in [-0.25, -0.2) is 8.42 Å². The minimum atomic E-state index is -2.78. The van der Waals surface area contributed by atoms with E-state index in [9.17, 15) is 13.2 Å². The number of rotatable bonds is 24. The molecule has 1 saturated heterocycles. The zero-order valence-corrected chi connectivity index (χ0v) is 24.8. The van der Waals surface area contributed by atoms with Crippen molar-refractivity contribution in [3.8, 4) is 0 Å². The zero-order chi connectivity index (χ0) is 26.3. The molecule has 0 saturated carbocycles. The molecule has 1 aliphatic heterocycles. The summed E-state index contributed by atoms with van der Waals surface area (Å²) < 4.78 is 29.0. The first-order valence-corrected chi connectivity index (χ1v) is 17.4. The van der Waals surface area contributed by atoms with Gasteiger partial charge in [-0.3, -0.25) is 4.79 Å². The Morgan fingerprint density at radius 1 is 0.667 bits per heavy atom. The molecule has 0 bridgehead atoms. The van der Waals surface area contributed by atoms with E-state index in [0.717, 1.165) is 51.5 Å². The van der Waals surface area contributed by atoms with Crippen LogP contribution >= 0.6 is 0 Å². The molecule has 6 heteroatoms. The first-order chi connectivity index (χ1) is 17.5. The van der Waals surface area contributed by atoms with Crippen molar-refractivity contribution in [1.82, 2.24) is 4.90 Å². The second-order valence-corrected chi connectivity index (χ2v) is 13.4. The molecule has 1 heterocycles. The van der Waals surface area contributed by atoms with Gasteiger partial charge in [-0.05, 0) is 45.1 Å². The van der Waals surface area contributed by atoms with E-state index in [4.69, 9.17) is 4.74 Å². The fourth-order valence-electron chi connectivity index (χ4n) is 5.10. The molecule has 1 unspecified atom stereocenters. The van der Waals surface area contributed by atoms with Gasteiger partial charge >= 0.3 is 5.97 Å². The monoisotopic (exact) mass is 529 g/mol. The minimum Gasteiger partial charge on any atom is -0.462 e. The third-order valence-electron chi connectivity index (χ3n) is 7.60. The molecule has 0 aromatic rings. The third-order valence-corrected chi connectivity index (χ3v) is 9.21. The Kier molecular flexibility index (Phi) is 20.8. The lowest BCUT2D eigenvalue weighted by atomic mass is 10.0. The van der Waals surface area contributed by atoms with E-state index in [-0.39, 0.29) is 12.1 Å². The molecule has 0 spiro atoms. The minimum absolute atomic E-state index is 0.00320. The van der Waals surface area contributed by atoms with Crippen molar-refractivity contribution in [2.24, 2.45) is 0 Å². The van der Waals surface area contributed by atoms with Crippen LogP contribution < -0.4 is 0 Å². The molecule has 214 valence electrons. The van der Waals surface area contributed by atoms with Crippen LogP contribution in [0.3, 0.4) is 0 Å². The Morgan fingerprint density at radius 3 is 1.64 bits per heavy atom. The number of ether oxygens (including phenoxy) is 1. The van der Waals surface area contributed by atoms with Crippen LogP contribution in [-0.2, 0) is 19.4 Å². The molecule has 1 rings (SSSR count). The number of sulfone groups is 1. The zero-order valence-electron chi connectivity index (χ0n) is 24.0. The second kappa shape index (κ2) is 22.4. The summed E-state index contributed by atoms with van der Waals surface area (Å²) in [6, 6.07) is 0. The average molecular weight is 530 g/mol. The average Bonchev–Trinajstić information content (AvgIpc) is 2.85. The van der Waals surface area contributed by atoms with Gasteiger partial charge in [0.15, 0.2) is 9.84 Å². The summed E-state index contributed by atoms with van der Waals surface area (Å²) in [6.07, 6.45) is 24.9. The van der Waals surface area contributed by atoms with Gasteiger partial charge in [-0.1, -0.05) is 104 Å². The van der Waals surface area contributed by atoms with Gasteiger partial charge in [-0.15, -0.1) is 0 Å². The molecule has 0 aromatic heterocycles. The molecule has 0 amide bonds. The van der Waals surface area contributed by atoms with E-state index in [1.165, 1.54) is 83.5 Å². The molecule has 5 nitrogen and oxygen atoms in total. The number of unbranched alkanes of at least 4 members (excludes halogenated alkanes) is 15. The summed E-state index contributed by atoms with van der Waals surface area (Å²) >= 11 is 0. The lowest BCUT2D eigenvalue weighted by Gasteiger charge is -2.26. The van der Waals surface area contributed by atoms with Crippen molar-refractivity contribution in [2.75, 3.05) is 31.1 Å². The van der Waals surface area contributed by atoms with Gasteiger partial charge in [0.05, 0.1) is 11.5 Å². The van der Waals surface area contributed by atoms with E-state index < -0.39 is 9.84 Å².